The van der Waals surface area contributed by atoms with Gasteiger partial charge in [-0.05, 0) is 26.0 Å². The van der Waals surface area contributed by atoms with E-state index in [9.17, 15) is 18.0 Å². The van der Waals surface area contributed by atoms with Crippen LogP contribution in [0.3, 0.4) is 0 Å². The zero-order valence-electron chi connectivity index (χ0n) is 12.7. The van der Waals surface area contributed by atoms with Gasteiger partial charge in [0.1, 0.15) is 0 Å². The fraction of sp³-hybridized carbons (Fsp3) is 0.333. The van der Waals surface area contributed by atoms with E-state index in [4.69, 9.17) is 5.73 Å². The molecule has 0 atom stereocenters. The number of alkyl halides is 3. The van der Waals surface area contributed by atoms with Crippen LogP contribution in [0.5, 0.6) is 0 Å². The highest BCUT2D eigenvalue weighted by molar-refractivity contribution is 5.95. The van der Waals surface area contributed by atoms with Gasteiger partial charge in [0.15, 0.2) is 5.69 Å². The lowest BCUT2D eigenvalue weighted by Gasteiger charge is -2.24. The molecule has 1 heterocycles. The average Bonchev–Trinajstić information content (AvgIpc) is 2.93. The van der Waals surface area contributed by atoms with Crippen molar-refractivity contribution in [2.45, 2.75) is 25.6 Å². The van der Waals surface area contributed by atoms with Gasteiger partial charge in [-0.3, -0.25) is 4.79 Å². The van der Waals surface area contributed by atoms with Crippen LogP contribution in [0.15, 0.2) is 36.5 Å². The number of carbonyl (C=O) groups is 1. The number of hydrogen-bond donors (Lipinski definition) is 2. The van der Waals surface area contributed by atoms with Gasteiger partial charge < -0.3 is 11.1 Å². The maximum absolute atomic E-state index is 13.2. The van der Waals surface area contributed by atoms with Gasteiger partial charge in [0.05, 0.1) is 11.3 Å². The summed E-state index contributed by atoms with van der Waals surface area (Å²) in [6.45, 7) is 3.34. The van der Waals surface area contributed by atoms with E-state index in [0.29, 0.717) is 5.69 Å². The molecule has 5 nitrogen and oxygen atoms in total. The molecular weight excluding hydrogens is 309 g/mol. The first-order chi connectivity index (χ1) is 10.6. The molecule has 0 saturated carbocycles. The van der Waals surface area contributed by atoms with E-state index in [1.54, 1.807) is 44.2 Å². The molecule has 0 radical (unpaired) electrons. The summed E-state index contributed by atoms with van der Waals surface area (Å²) in [7, 11) is 0. The van der Waals surface area contributed by atoms with Crippen molar-refractivity contribution >= 4 is 5.91 Å². The van der Waals surface area contributed by atoms with Crippen LogP contribution in [0.4, 0.5) is 13.2 Å². The minimum absolute atomic E-state index is 0.0902. The minimum Gasteiger partial charge on any atom is -0.346 e. The first-order valence-electron chi connectivity index (χ1n) is 6.89. The Morgan fingerprint density at radius 2 is 1.87 bits per heavy atom. The van der Waals surface area contributed by atoms with E-state index in [0.717, 1.165) is 10.9 Å². The Hall–Kier alpha value is -2.35. The molecule has 0 spiro atoms. The Bertz CT molecular complexity index is 692. The molecule has 124 valence electrons. The van der Waals surface area contributed by atoms with Crippen molar-refractivity contribution in [3.8, 4) is 5.69 Å². The molecule has 0 aliphatic carbocycles. The van der Waals surface area contributed by atoms with Crippen LogP contribution in [-0.4, -0.2) is 27.8 Å². The zero-order valence-corrected chi connectivity index (χ0v) is 12.7. The largest absolute Gasteiger partial charge is 0.435 e. The number of nitrogens with two attached hydrogens (primary N) is 1. The van der Waals surface area contributed by atoms with Gasteiger partial charge in [0.2, 0.25) is 0 Å². The molecule has 1 aromatic heterocycles. The van der Waals surface area contributed by atoms with Gasteiger partial charge in [-0.1, -0.05) is 18.2 Å². The van der Waals surface area contributed by atoms with Gasteiger partial charge >= 0.3 is 6.18 Å². The number of para-hydroxylation sites is 1. The quantitative estimate of drug-likeness (QED) is 0.906. The Kier molecular flexibility index (Phi) is 4.46. The van der Waals surface area contributed by atoms with Crippen molar-refractivity contribution in [2.24, 2.45) is 5.73 Å². The van der Waals surface area contributed by atoms with Gasteiger partial charge in [-0.15, -0.1) is 0 Å². The number of amides is 1. The molecule has 1 aromatic carbocycles. The molecule has 0 bridgehead atoms. The van der Waals surface area contributed by atoms with E-state index < -0.39 is 28.9 Å². The Morgan fingerprint density at radius 1 is 1.26 bits per heavy atom. The fourth-order valence-corrected chi connectivity index (χ4v) is 1.89. The number of aromatic nitrogens is 2. The van der Waals surface area contributed by atoms with Gasteiger partial charge in [-0.2, -0.15) is 18.3 Å². The van der Waals surface area contributed by atoms with Crippen LogP contribution in [0.2, 0.25) is 0 Å². The van der Waals surface area contributed by atoms with E-state index in [1.165, 1.54) is 0 Å². The lowest BCUT2D eigenvalue weighted by atomic mass is 10.1. The van der Waals surface area contributed by atoms with Crippen LogP contribution < -0.4 is 11.1 Å². The summed E-state index contributed by atoms with van der Waals surface area (Å²) >= 11 is 0. The summed E-state index contributed by atoms with van der Waals surface area (Å²) < 4.78 is 40.6. The van der Waals surface area contributed by atoms with Crippen LogP contribution in [0.25, 0.3) is 5.69 Å². The third-order valence-electron chi connectivity index (χ3n) is 3.21. The zero-order chi connectivity index (χ0) is 17.3. The maximum Gasteiger partial charge on any atom is 0.435 e. The third kappa shape index (κ3) is 3.89. The average molecular weight is 326 g/mol. The van der Waals surface area contributed by atoms with Crippen LogP contribution >= 0.6 is 0 Å². The molecule has 3 N–H and O–H groups in total. The molecule has 1 amide bonds. The van der Waals surface area contributed by atoms with Crippen molar-refractivity contribution in [3.63, 3.8) is 0 Å². The second kappa shape index (κ2) is 6.04. The molecule has 0 aliphatic rings. The number of halogens is 3. The lowest BCUT2D eigenvalue weighted by molar-refractivity contribution is -0.141. The minimum atomic E-state index is -4.74. The molecule has 2 rings (SSSR count). The Balaban J connectivity index is 2.46. The van der Waals surface area contributed by atoms with Crippen molar-refractivity contribution in [2.75, 3.05) is 6.54 Å². The molecule has 0 aliphatic heterocycles. The SMILES string of the molecule is CC(C)(CN)NC(=O)c1cn(-c2ccccc2)nc1C(F)(F)F. The molecule has 0 unspecified atom stereocenters. The Labute approximate surface area is 131 Å². The first kappa shape index (κ1) is 17.0. The number of nitrogens with zero attached hydrogens (tertiary/aromatic N) is 2. The first-order valence-corrected chi connectivity index (χ1v) is 6.89. The van der Waals surface area contributed by atoms with Crippen molar-refractivity contribution < 1.29 is 18.0 Å². The second-order valence-electron chi connectivity index (χ2n) is 5.71. The summed E-state index contributed by atoms with van der Waals surface area (Å²) in [6.07, 6.45) is -3.67. The van der Waals surface area contributed by atoms with Crippen LogP contribution in [0, 0.1) is 0 Å². The summed E-state index contributed by atoms with van der Waals surface area (Å²) in [5.74, 6) is -0.866. The van der Waals surface area contributed by atoms with E-state index >= 15 is 0 Å². The van der Waals surface area contributed by atoms with Gasteiger partial charge in [-0.25, -0.2) is 4.68 Å². The molecular formula is C15H17F3N4O. The number of hydrogen-bond acceptors (Lipinski definition) is 3. The molecule has 2 aromatic rings. The molecule has 8 heteroatoms. The maximum atomic E-state index is 13.2. The third-order valence-corrected chi connectivity index (χ3v) is 3.21. The number of benzene rings is 1. The van der Waals surface area contributed by atoms with Gasteiger partial charge in [0.25, 0.3) is 5.91 Å². The molecule has 0 fully saturated rings. The normalized spacial score (nSPS) is 12.3. The summed E-state index contributed by atoms with van der Waals surface area (Å²) in [5, 5.41) is 6.01. The number of carbonyl (C=O) groups excluding carboxylic acids is 1. The fourth-order valence-electron chi connectivity index (χ4n) is 1.89. The highest BCUT2D eigenvalue weighted by atomic mass is 19.4. The molecule has 23 heavy (non-hydrogen) atoms. The highest BCUT2D eigenvalue weighted by Gasteiger charge is 2.40. The van der Waals surface area contributed by atoms with Crippen molar-refractivity contribution in [1.29, 1.82) is 0 Å². The standard InChI is InChI=1S/C15H17F3N4O/c1-14(2,9-19)20-13(23)11-8-22(10-6-4-3-5-7-10)21-12(11)15(16,17)18/h3-8H,9,19H2,1-2H3,(H,20,23). The number of nitrogens with one attached hydrogen (secondary N) is 1. The predicted molar refractivity (Wildman–Crippen MR) is 79.2 cm³/mol. The topological polar surface area (TPSA) is 72.9 Å². The second-order valence-corrected chi connectivity index (χ2v) is 5.71. The highest BCUT2D eigenvalue weighted by Crippen LogP contribution is 2.31. The predicted octanol–water partition coefficient (Wildman–Crippen LogP) is 2.36. The molecule has 0 saturated heterocycles. The monoisotopic (exact) mass is 326 g/mol. The Morgan fingerprint density at radius 3 is 2.39 bits per heavy atom. The van der Waals surface area contributed by atoms with Crippen LogP contribution in [-0.2, 0) is 6.18 Å². The van der Waals surface area contributed by atoms with E-state index in [2.05, 4.69) is 10.4 Å². The van der Waals surface area contributed by atoms with Gasteiger partial charge in [0, 0.05) is 18.3 Å². The van der Waals surface area contributed by atoms with Crippen molar-refractivity contribution in [3.05, 3.63) is 47.8 Å². The lowest BCUT2D eigenvalue weighted by Crippen LogP contribution is -2.49. The number of rotatable bonds is 4. The smallest absolute Gasteiger partial charge is 0.346 e. The van der Waals surface area contributed by atoms with Crippen molar-refractivity contribution in [1.82, 2.24) is 15.1 Å². The van der Waals surface area contributed by atoms with Crippen LogP contribution in [0.1, 0.15) is 29.9 Å². The van der Waals surface area contributed by atoms with E-state index in [-0.39, 0.29) is 6.54 Å². The summed E-state index contributed by atoms with van der Waals surface area (Å²) in [6, 6.07) is 8.26. The summed E-state index contributed by atoms with van der Waals surface area (Å²) in [4.78, 5) is 12.2. The van der Waals surface area contributed by atoms with E-state index in [1.807, 2.05) is 0 Å². The summed E-state index contributed by atoms with van der Waals surface area (Å²) in [5.41, 5.74) is 3.33.